The van der Waals surface area contributed by atoms with E-state index >= 15 is 0 Å². The second kappa shape index (κ2) is 53.7. The molecular formula is C76H119N15O27P2S. The quantitative estimate of drug-likeness (QED) is 0.0217. The Hall–Kier alpha value is -9.10. The van der Waals surface area contributed by atoms with Gasteiger partial charge in [0, 0.05) is 114 Å². The van der Waals surface area contributed by atoms with Crippen molar-refractivity contribution >= 4 is 127 Å². The number of carbonyl (C=O) groups excluding carboxylic acids is 14. The molecular weight excluding hydrogens is 1650 g/mol. The minimum Gasteiger partial charge on any atom is -0.481 e. The van der Waals surface area contributed by atoms with Crippen molar-refractivity contribution in [3.05, 3.63) is 59.7 Å². The zero-order valence-corrected chi connectivity index (χ0v) is 70.6. The van der Waals surface area contributed by atoms with Crippen molar-refractivity contribution in [2.75, 3.05) is 122 Å². The predicted octanol–water partition coefficient (Wildman–Crippen LogP) is -0.903. The van der Waals surface area contributed by atoms with Gasteiger partial charge in [-0.15, -0.1) is 11.8 Å². The molecule has 2 aromatic rings. The highest BCUT2D eigenvalue weighted by Crippen LogP contribution is 2.69. The number of benzene rings is 2. The van der Waals surface area contributed by atoms with E-state index in [9.17, 15) is 111 Å². The number of likely N-dealkylation sites (tertiary alicyclic amines) is 1. The molecule has 15 amide bonds. The molecule has 2 saturated carbocycles. The number of nitrogens with one attached hydrogen (secondary N) is 12. The van der Waals surface area contributed by atoms with Gasteiger partial charge in [-0.1, -0.05) is 49.6 Å². The first-order chi connectivity index (χ1) is 57.5. The van der Waals surface area contributed by atoms with E-state index in [2.05, 4.69) is 63.8 Å². The zero-order valence-electron chi connectivity index (χ0n) is 68.0. The van der Waals surface area contributed by atoms with Crippen molar-refractivity contribution in [1.29, 1.82) is 0 Å². The fourth-order valence-electron chi connectivity index (χ4n) is 13.2. The fourth-order valence-corrected chi connectivity index (χ4v) is 16.6. The number of hydrogen-bond donors (Lipinski definition) is 20. The van der Waals surface area contributed by atoms with Crippen molar-refractivity contribution in [3.8, 4) is 0 Å². The van der Waals surface area contributed by atoms with Crippen LogP contribution < -0.4 is 75.3 Å². The molecule has 2 aromatic carbocycles. The molecule has 1 heterocycles. The Kier molecular flexibility index (Phi) is 45.5. The van der Waals surface area contributed by atoms with Gasteiger partial charge in [0.15, 0.2) is 0 Å². The van der Waals surface area contributed by atoms with Gasteiger partial charge in [-0.25, -0.2) is 4.79 Å². The topological polar surface area (TPSA) is 648 Å². The van der Waals surface area contributed by atoms with Crippen molar-refractivity contribution in [2.45, 2.75) is 189 Å². The molecule has 0 aromatic heterocycles. The number of amides is 15. The van der Waals surface area contributed by atoms with Gasteiger partial charge < -0.3 is 124 Å². The molecule has 0 spiro atoms. The number of unbranched alkanes of at least 4 members (excludes halogenated alkanes) is 1. The Labute approximate surface area is 705 Å². The van der Waals surface area contributed by atoms with E-state index in [0.717, 1.165) is 23.7 Å². The lowest BCUT2D eigenvalue weighted by atomic mass is 9.80. The van der Waals surface area contributed by atoms with Crippen LogP contribution in [0.15, 0.2) is 48.5 Å². The Balaban J connectivity index is 0.808. The summed E-state index contributed by atoms with van der Waals surface area (Å²) in [6.45, 7) is 3.26. The van der Waals surface area contributed by atoms with E-state index in [4.69, 9.17) is 30.4 Å². The standard InChI is InChI=1S/C76H119N15O27P2S/c1-50-11-3-4-12-56(50)89-74(107)86-54-22-18-51(19-23-54)45-64(96)85-47-65(97)88-58(14-9-15-67(99)100)71(104)90-75(28-6-2-7-29-75)73(106)84-36-40-118-44-43-117-38-34-80-61(93)25-24-60(92)79-33-37-115-41-42-116-39-35-81-62(94)26-27-63(95)87-57(68(78)101)13-5-8-31-83-70(103)55(77)49-121-59-46-66(98)91(72(59)105)48-52-16-20-53(21-17-52)69(102)82-32-10-30-76(108,119(109,110)111)120(112,113)114/h3-4,11-12,18-19,22-23,52-53,55,57-59,108H,2,5-10,13-17,20-21,24-49,77H2,1H3,(H2,78,101)(H,79,92)(H,80,93)(H,81,94)(H,82,102)(H,83,103)(H,84,106)(H,85,96)(H,87,95)(H,88,97)(H,90,104)(H,99,100)(H2,86,89,107)(H2,109,110,111)(H2,112,113,114)/t52?,53?,55-,57+,58+,59?/m1/s1. The lowest BCUT2D eigenvalue weighted by molar-refractivity contribution is -0.140. The predicted molar refractivity (Wildman–Crippen MR) is 438 cm³/mol. The zero-order chi connectivity index (χ0) is 89.0. The highest BCUT2D eigenvalue weighted by atomic mass is 32.2. The van der Waals surface area contributed by atoms with Crippen LogP contribution in [0.4, 0.5) is 16.2 Å². The molecule has 42 nitrogen and oxygen atoms in total. The molecule has 676 valence electrons. The number of hydrogen-bond acceptors (Lipinski definition) is 24. The van der Waals surface area contributed by atoms with Crippen LogP contribution in [-0.4, -0.2) is 268 Å². The molecule has 0 bridgehead atoms. The smallest absolute Gasteiger partial charge is 0.369 e. The summed E-state index contributed by atoms with van der Waals surface area (Å²) in [6, 6.07) is 10.1. The molecule has 121 heavy (non-hydrogen) atoms. The first-order valence-electron chi connectivity index (χ1n) is 40.4. The third kappa shape index (κ3) is 38.5. The first kappa shape index (κ1) is 102. The first-order valence-corrected chi connectivity index (χ1v) is 44.7. The maximum Gasteiger partial charge on any atom is 0.369 e. The number of anilines is 2. The highest BCUT2D eigenvalue weighted by Gasteiger charge is 2.59. The van der Waals surface area contributed by atoms with Crippen molar-refractivity contribution in [3.63, 3.8) is 0 Å². The van der Waals surface area contributed by atoms with Crippen LogP contribution in [-0.2, 0) is 102 Å². The van der Waals surface area contributed by atoms with Crippen LogP contribution >= 0.6 is 27.0 Å². The Bertz CT molecular complexity index is 3860. The van der Waals surface area contributed by atoms with E-state index in [1.54, 1.807) is 36.4 Å². The number of aliphatic hydroxyl groups is 1. The van der Waals surface area contributed by atoms with E-state index < -0.39 is 139 Å². The summed E-state index contributed by atoms with van der Waals surface area (Å²) in [5.41, 5.74) is 12.9. The third-order valence-electron chi connectivity index (χ3n) is 20.1. The Morgan fingerprint density at radius 2 is 1.12 bits per heavy atom. The van der Waals surface area contributed by atoms with Gasteiger partial charge in [0.1, 0.15) is 17.6 Å². The molecule has 1 aliphatic heterocycles. The summed E-state index contributed by atoms with van der Waals surface area (Å²) in [5, 5.41) is 47.0. The van der Waals surface area contributed by atoms with E-state index in [1.165, 1.54) is 4.90 Å². The summed E-state index contributed by atoms with van der Waals surface area (Å²) >= 11 is 1.08. The number of carboxylic acid groups (broad SMARTS) is 1. The summed E-state index contributed by atoms with van der Waals surface area (Å²) < 4.78 is 45.2. The van der Waals surface area contributed by atoms with E-state index in [0.29, 0.717) is 81.1 Å². The van der Waals surface area contributed by atoms with Gasteiger partial charge in [-0.2, -0.15) is 0 Å². The molecule has 1 unspecified atom stereocenters. The fraction of sp³-hybridized carbons (Fsp3) is 0.645. The normalized spacial score (nSPS) is 16.7. The lowest BCUT2D eigenvalue weighted by Gasteiger charge is -2.37. The number of carboxylic acids is 1. The number of nitrogens with zero attached hydrogens (tertiary/aromatic N) is 1. The van der Waals surface area contributed by atoms with Crippen molar-refractivity contribution in [2.24, 2.45) is 23.3 Å². The number of para-hydroxylation sites is 1. The molecule has 0 radical (unpaired) electrons. The van der Waals surface area contributed by atoms with Gasteiger partial charge >= 0.3 is 27.2 Å². The monoisotopic (exact) mass is 1770 g/mol. The number of nitrogens with two attached hydrogens (primary N) is 2. The van der Waals surface area contributed by atoms with Crippen LogP contribution in [0.2, 0.25) is 0 Å². The third-order valence-corrected chi connectivity index (χ3v) is 25.3. The molecule has 22 N–H and O–H groups in total. The van der Waals surface area contributed by atoms with Gasteiger partial charge in [0.25, 0.3) is 5.08 Å². The minimum atomic E-state index is -5.62. The maximum atomic E-state index is 13.9. The lowest BCUT2D eigenvalue weighted by Crippen LogP contribution is -2.63. The molecule has 4 atom stereocenters. The van der Waals surface area contributed by atoms with Crippen LogP contribution in [0.25, 0.3) is 0 Å². The van der Waals surface area contributed by atoms with Crippen LogP contribution in [0.5, 0.6) is 0 Å². The number of carbonyl (C=O) groups is 15. The molecule has 1 saturated heterocycles. The van der Waals surface area contributed by atoms with Crippen molar-refractivity contribution in [1.82, 2.24) is 58.1 Å². The molecule has 2 aliphatic carbocycles. The number of aryl methyl sites for hydroxylation is 1. The van der Waals surface area contributed by atoms with Crippen molar-refractivity contribution < 1.29 is 130 Å². The number of urea groups is 1. The van der Waals surface area contributed by atoms with Crippen LogP contribution in [0, 0.1) is 18.8 Å². The van der Waals surface area contributed by atoms with Crippen LogP contribution in [0.3, 0.4) is 0 Å². The van der Waals surface area contributed by atoms with Crippen LogP contribution in [0.1, 0.15) is 152 Å². The second-order valence-electron chi connectivity index (χ2n) is 29.6. The molecule has 3 aliphatic rings. The van der Waals surface area contributed by atoms with Gasteiger partial charge in [-0.05, 0) is 119 Å². The molecule has 3 fully saturated rings. The summed E-state index contributed by atoms with van der Waals surface area (Å²) in [6.07, 6.45) is 3.04. The number of aliphatic carboxylic acids is 1. The average molecular weight is 1770 g/mol. The number of ether oxygens (including phenoxy) is 4. The minimum absolute atomic E-state index is 0.0240. The van der Waals surface area contributed by atoms with Gasteiger partial charge in [-0.3, -0.25) is 81.2 Å². The Morgan fingerprint density at radius 3 is 1.68 bits per heavy atom. The maximum absolute atomic E-state index is 13.9. The number of imide groups is 1. The Morgan fingerprint density at radius 1 is 0.587 bits per heavy atom. The summed E-state index contributed by atoms with van der Waals surface area (Å²) in [7, 11) is -11.2. The number of thioether (sulfide) groups is 1. The van der Waals surface area contributed by atoms with E-state index in [1.807, 2.05) is 19.1 Å². The average Bonchev–Trinajstić information content (AvgIpc) is 1.35. The number of primary amides is 1. The second-order valence-corrected chi connectivity index (χ2v) is 34.8. The highest BCUT2D eigenvalue weighted by molar-refractivity contribution is 8.00. The molecule has 45 heteroatoms. The SMILES string of the molecule is Cc1ccccc1NC(=O)Nc1ccc(CC(=O)NCC(=O)N[C@@H](CCCC(=O)O)C(=O)NC2(C(=O)NCCOCCOCCNC(=O)CCC(=O)NCCOCCOCCNC(=O)CCC(=O)N[C@@H](CCCCNC(=O)[C@H](N)CSC3CC(=O)N(CC4CCC(C(=O)NCCCC(O)(P(=O)(O)O)P(=O)(O)O)CC4)C3=O)C(N)=O)CCCCC2)cc1. The van der Waals surface area contributed by atoms with Gasteiger partial charge in [0.2, 0.25) is 76.8 Å². The number of rotatable bonds is 58. The van der Waals surface area contributed by atoms with Gasteiger partial charge in [0.05, 0.1) is 77.1 Å². The summed E-state index contributed by atoms with van der Waals surface area (Å²) in [5.74, 6) is -8.22. The molecule has 5 rings (SSSR count). The summed E-state index contributed by atoms with van der Waals surface area (Å²) in [4.78, 5) is 229. The largest absolute Gasteiger partial charge is 0.481 e. The van der Waals surface area contributed by atoms with E-state index in [-0.39, 0.29) is 199 Å².